The molecule has 0 bridgehead atoms. The minimum absolute atomic E-state index is 0.101. The molecule has 3 rings (SSSR count). The van der Waals surface area contributed by atoms with E-state index in [1.165, 1.54) is 4.90 Å². The highest BCUT2D eigenvalue weighted by Crippen LogP contribution is 2.35. The normalized spacial score (nSPS) is 29.5. The van der Waals surface area contributed by atoms with Crippen molar-refractivity contribution in [1.82, 2.24) is 9.80 Å². The highest BCUT2D eigenvalue weighted by molar-refractivity contribution is 5.83. The first-order chi connectivity index (χ1) is 10.9. The Kier molecular flexibility index (Phi) is 4.56. The number of carbonyl (C=O) groups excluding carboxylic acids is 2. The monoisotopic (exact) mass is 332 g/mol. The van der Waals surface area contributed by atoms with Gasteiger partial charge in [0, 0.05) is 32.1 Å². The van der Waals surface area contributed by atoms with Crippen molar-refractivity contribution in [2.75, 3.05) is 26.2 Å². The van der Waals surface area contributed by atoms with Gasteiger partial charge in [0.05, 0.1) is 11.8 Å². The second kappa shape index (κ2) is 6.32. The molecule has 2 amide bonds. The van der Waals surface area contributed by atoms with Crippen molar-refractivity contribution in [3.05, 3.63) is 0 Å². The number of piperidine rings is 2. The van der Waals surface area contributed by atoms with Crippen molar-refractivity contribution in [3.8, 4) is 0 Å². The fourth-order valence-corrected chi connectivity index (χ4v) is 3.67. The number of carbonyl (C=O) groups is 2. The summed E-state index contributed by atoms with van der Waals surface area (Å²) in [6.07, 6.45) is -0.469. The summed E-state index contributed by atoms with van der Waals surface area (Å²) >= 11 is 0. The molecule has 0 spiro atoms. The van der Waals surface area contributed by atoms with Crippen LogP contribution < -0.4 is 0 Å². The maximum absolute atomic E-state index is 12.9. The van der Waals surface area contributed by atoms with Gasteiger partial charge in [-0.25, -0.2) is 0 Å². The van der Waals surface area contributed by atoms with Gasteiger partial charge < -0.3 is 9.80 Å². The number of alkyl halides is 3. The average molecular weight is 332 g/mol. The van der Waals surface area contributed by atoms with Gasteiger partial charge in [0.25, 0.3) is 0 Å². The summed E-state index contributed by atoms with van der Waals surface area (Å²) in [6.45, 7) is 1.22. The molecule has 23 heavy (non-hydrogen) atoms. The van der Waals surface area contributed by atoms with Crippen LogP contribution in [0.3, 0.4) is 0 Å². The molecule has 1 saturated carbocycles. The average Bonchev–Trinajstić information content (AvgIpc) is 3.38. The van der Waals surface area contributed by atoms with Crippen LogP contribution in [0.25, 0.3) is 0 Å². The molecule has 7 heteroatoms. The Morgan fingerprint density at radius 1 is 0.783 bits per heavy atom. The van der Waals surface area contributed by atoms with Crippen molar-refractivity contribution in [1.29, 1.82) is 0 Å². The lowest BCUT2D eigenvalue weighted by Gasteiger charge is -2.38. The number of halogens is 3. The minimum atomic E-state index is -4.24. The summed E-state index contributed by atoms with van der Waals surface area (Å²) in [5.41, 5.74) is 0. The van der Waals surface area contributed by atoms with Gasteiger partial charge in [0.15, 0.2) is 0 Å². The van der Waals surface area contributed by atoms with Crippen molar-refractivity contribution >= 4 is 11.8 Å². The number of hydrogen-bond donors (Lipinski definition) is 0. The number of hydrogen-bond acceptors (Lipinski definition) is 2. The van der Waals surface area contributed by atoms with Gasteiger partial charge in [-0.05, 0) is 38.5 Å². The molecule has 4 nitrogen and oxygen atoms in total. The first kappa shape index (κ1) is 16.6. The van der Waals surface area contributed by atoms with Crippen LogP contribution in [-0.2, 0) is 9.59 Å². The molecule has 0 radical (unpaired) electrons. The summed E-state index contributed by atoms with van der Waals surface area (Å²) in [5.74, 6) is -1.71. The minimum Gasteiger partial charge on any atom is -0.342 e. The molecule has 2 atom stereocenters. The third-order valence-electron chi connectivity index (χ3n) is 5.20. The zero-order chi connectivity index (χ0) is 16.6. The predicted octanol–water partition coefficient (Wildman–Crippen LogP) is 2.44. The Bertz CT molecular complexity index is 476. The van der Waals surface area contributed by atoms with E-state index in [9.17, 15) is 22.8 Å². The molecule has 2 heterocycles. The maximum atomic E-state index is 12.9. The standard InChI is InChI=1S/C16H23F3N2O2/c17-16(18,19)13-4-2-8-21(10-13)15(23)12-3-1-7-20(9-12)14(22)11-5-6-11/h11-13H,1-10H2/t12-,13-/m0/s1. The van der Waals surface area contributed by atoms with E-state index in [0.717, 1.165) is 19.3 Å². The Balaban J connectivity index is 1.59. The Hall–Kier alpha value is -1.27. The van der Waals surface area contributed by atoms with Gasteiger partial charge in [-0.3, -0.25) is 9.59 Å². The Labute approximate surface area is 134 Å². The molecule has 0 N–H and O–H groups in total. The molecule has 1 aliphatic carbocycles. The third kappa shape index (κ3) is 3.80. The zero-order valence-corrected chi connectivity index (χ0v) is 13.1. The van der Waals surface area contributed by atoms with Gasteiger partial charge >= 0.3 is 6.18 Å². The molecule has 130 valence electrons. The molecular weight excluding hydrogens is 309 g/mol. The number of amides is 2. The summed E-state index contributed by atoms with van der Waals surface area (Å²) in [7, 11) is 0. The van der Waals surface area contributed by atoms with Gasteiger partial charge in [-0.15, -0.1) is 0 Å². The van der Waals surface area contributed by atoms with Crippen LogP contribution in [0.4, 0.5) is 13.2 Å². The van der Waals surface area contributed by atoms with Crippen LogP contribution >= 0.6 is 0 Å². The number of rotatable bonds is 2. The first-order valence-electron chi connectivity index (χ1n) is 8.50. The van der Waals surface area contributed by atoms with E-state index < -0.39 is 12.1 Å². The highest BCUT2D eigenvalue weighted by Gasteiger charge is 2.44. The largest absolute Gasteiger partial charge is 0.393 e. The zero-order valence-electron chi connectivity index (χ0n) is 13.1. The second-order valence-electron chi connectivity index (χ2n) is 7.06. The lowest BCUT2D eigenvalue weighted by Crippen LogP contribution is -2.51. The summed E-state index contributed by atoms with van der Waals surface area (Å²) in [4.78, 5) is 27.9. The Morgan fingerprint density at radius 2 is 1.35 bits per heavy atom. The predicted molar refractivity (Wildman–Crippen MR) is 77.4 cm³/mol. The first-order valence-corrected chi connectivity index (χ1v) is 8.50. The Morgan fingerprint density at radius 3 is 1.96 bits per heavy atom. The maximum Gasteiger partial charge on any atom is 0.393 e. The number of likely N-dealkylation sites (tertiary alicyclic amines) is 2. The van der Waals surface area contributed by atoms with Gasteiger partial charge in [-0.2, -0.15) is 13.2 Å². The molecule has 0 aromatic heterocycles. The summed E-state index contributed by atoms with van der Waals surface area (Å²) in [6, 6.07) is 0. The van der Waals surface area contributed by atoms with Gasteiger partial charge in [0.1, 0.15) is 0 Å². The van der Waals surface area contributed by atoms with Gasteiger partial charge in [-0.1, -0.05) is 0 Å². The molecule has 2 aliphatic heterocycles. The molecule has 0 aromatic carbocycles. The van der Waals surface area contributed by atoms with Crippen LogP contribution in [0.15, 0.2) is 0 Å². The van der Waals surface area contributed by atoms with E-state index >= 15 is 0 Å². The van der Waals surface area contributed by atoms with Crippen LogP contribution in [0.5, 0.6) is 0 Å². The van der Waals surface area contributed by atoms with Crippen molar-refractivity contribution < 1.29 is 22.8 Å². The van der Waals surface area contributed by atoms with Crippen molar-refractivity contribution in [2.24, 2.45) is 17.8 Å². The van der Waals surface area contributed by atoms with Crippen molar-refractivity contribution in [2.45, 2.75) is 44.7 Å². The smallest absolute Gasteiger partial charge is 0.342 e. The molecule has 0 aromatic rings. The second-order valence-corrected chi connectivity index (χ2v) is 7.06. The van der Waals surface area contributed by atoms with E-state index in [4.69, 9.17) is 0 Å². The van der Waals surface area contributed by atoms with Gasteiger partial charge in [0.2, 0.25) is 11.8 Å². The van der Waals surface area contributed by atoms with E-state index in [2.05, 4.69) is 0 Å². The quantitative estimate of drug-likeness (QED) is 0.779. The van der Waals surface area contributed by atoms with E-state index in [1.807, 2.05) is 0 Å². The highest BCUT2D eigenvalue weighted by atomic mass is 19.4. The van der Waals surface area contributed by atoms with E-state index in [-0.39, 0.29) is 36.6 Å². The fraction of sp³-hybridized carbons (Fsp3) is 0.875. The van der Waals surface area contributed by atoms with E-state index in [0.29, 0.717) is 32.5 Å². The number of nitrogens with zero attached hydrogens (tertiary/aromatic N) is 2. The summed E-state index contributed by atoms with van der Waals surface area (Å²) in [5, 5.41) is 0. The van der Waals surface area contributed by atoms with Crippen LogP contribution in [0.1, 0.15) is 38.5 Å². The van der Waals surface area contributed by atoms with Crippen LogP contribution in [0, 0.1) is 17.8 Å². The lowest BCUT2D eigenvalue weighted by molar-refractivity contribution is -0.189. The SMILES string of the molecule is O=C(C1CC1)N1CCC[C@H](C(=O)N2CCC[C@H](C(F)(F)F)C2)C1. The molecule has 3 aliphatic rings. The van der Waals surface area contributed by atoms with Crippen LogP contribution in [-0.4, -0.2) is 54.0 Å². The lowest BCUT2D eigenvalue weighted by atomic mass is 9.92. The molecule has 0 unspecified atom stereocenters. The molecular formula is C16H23F3N2O2. The third-order valence-corrected chi connectivity index (χ3v) is 5.20. The topological polar surface area (TPSA) is 40.6 Å². The molecule has 3 fully saturated rings. The molecule has 2 saturated heterocycles. The summed E-state index contributed by atoms with van der Waals surface area (Å²) < 4.78 is 38.7. The van der Waals surface area contributed by atoms with Crippen molar-refractivity contribution in [3.63, 3.8) is 0 Å². The van der Waals surface area contributed by atoms with E-state index in [1.54, 1.807) is 4.90 Å². The van der Waals surface area contributed by atoms with Crippen LogP contribution in [0.2, 0.25) is 0 Å². The fourth-order valence-electron chi connectivity index (χ4n) is 3.67.